The predicted octanol–water partition coefficient (Wildman–Crippen LogP) is 3.50. The Labute approximate surface area is 325 Å². The minimum atomic E-state index is -0.704. The van der Waals surface area contributed by atoms with E-state index in [1.165, 1.54) is 31.4 Å². The quantitative estimate of drug-likeness (QED) is 0.0658. The van der Waals surface area contributed by atoms with E-state index in [1.807, 2.05) is 13.8 Å². The van der Waals surface area contributed by atoms with Gasteiger partial charge in [0.2, 0.25) is 29.5 Å². The van der Waals surface area contributed by atoms with Gasteiger partial charge in [-0.1, -0.05) is 19.1 Å². The monoisotopic (exact) mass is 781 g/mol. The van der Waals surface area contributed by atoms with Crippen LogP contribution < -0.4 is 31.6 Å². The van der Waals surface area contributed by atoms with Gasteiger partial charge in [-0.05, 0) is 50.6 Å². The maximum Gasteiger partial charge on any atom is 0.295 e. The number of nitrogens with zero attached hydrogens (tertiary/aromatic N) is 7. The number of imidazole rings is 2. The highest BCUT2D eigenvalue weighted by Crippen LogP contribution is 2.33. The highest BCUT2D eigenvalue weighted by atomic mass is 16.5. The Balaban J connectivity index is 1.41. The molecule has 0 unspecified atom stereocenters. The van der Waals surface area contributed by atoms with Gasteiger partial charge in [-0.2, -0.15) is 5.10 Å². The molecule has 0 bridgehead atoms. The second-order valence-corrected chi connectivity index (χ2v) is 12.9. The van der Waals surface area contributed by atoms with E-state index in [1.54, 1.807) is 45.9 Å². The lowest BCUT2D eigenvalue weighted by molar-refractivity contribution is 0.0987. The van der Waals surface area contributed by atoms with E-state index in [0.29, 0.717) is 64.4 Å². The fourth-order valence-corrected chi connectivity index (χ4v) is 6.34. The second kappa shape index (κ2) is 16.8. The van der Waals surface area contributed by atoms with Crippen LogP contribution in [0.2, 0.25) is 0 Å². The Kier molecular flexibility index (Phi) is 11.7. The summed E-state index contributed by atoms with van der Waals surface area (Å²) in [5.41, 5.74) is 14.6. The summed E-state index contributed by atoms with van der Waals surface area (Å²) in [6, 6.07) is 7.66. The number of methoxy groups -OCH3 is 1. The standard InChI is InChI=1S/C38H43N11O8/c1-6-24-32(57-21(4)41-24)36(54)45-38-42-25-16-22(33(39)51)18-28(55-5)30(25)47(38)11-8-9-12-48-31-26(17-23(34(40)52)19-29(31)56-14-10-13-50)43-37(48)44-35(53)27-15-20(3)46-49(27)7-2/h8-9,15-19,50H,6-7,10-14H2,1-5H3,(H2,39,51)(H2,40,52)(H,42,45,54)(H,43,44,53)/b9-8+. The number of aliphatic hydroxyl groups is 1. The van der Waals surface area contributed by atoms with Crippen LogP contribution in [-0.4, -0.2) is 82.9 Å². The third-order valence-electron chi connectivity index (χ3n) is 8.94. The number of ether oxygens (including phenoxy) is 2. The van der Waals surface area contributed by atoms with Gasteiger partial charge in [0.05, 0.1) is 36.1 Å². The molecule has 0 saturated heterocycles. The summed E-state index contributed by atoms with van der Waals surface area (Å²) in [7, 11) is 1.44. The lowest BCUT2D eigenvalue weighted by Crippen LogP contribution is -2.20. The molecule has 57 heavy (non-hydrogen) atoms. The maximum absolute atomic E-state index is 13.6. The first-order valence-corrected chi connectivity index (χ1v) is 18.1. The summed E-state index contributed by atoms with van der Waals surface area (Å²) < 4.78 is 22.2. The molecule has 6 rings (SSSR count). The highest BCUT2D eigenvalue weighted by molar-refractivity contribution is 6.05. The smallest absolute Gasteiger partial charge is 0.295 e. The summed E-state index contributed by atoms with van der Waals surface area (Å²) in [5.74, 6) is -1.23. The van der Waals surface area contributed by atoms with E-state index in [2.05, 4.69) is 30.7 Å². The number of nitrogens with one attached hydrogen (secondary N) is 2. The molecule has 0 atom stereocenters. The van der Waals surface area contributed by atoms with Crippen molar-refractivity contribution >= 4 is 57.6 Å². The fourth-order valence-electron chi connectivity index (χ4n) is 6.34. The first kappa shape index (κ1) is 39.7. The Morgan fingerprint density at radius 1 is 0.842 bits per heavy atom. The largest absolute Gasteiger partial charge is 0.494 e. The molecular weight excluding hydrogens is 738 g/mol. The first-order chi connectivity index (χ1) is 27.4. The molecule has 7 N–H and O–H groups in total. The predicted molar refractivity (Wildman–Crippen MR) is 209 cm³/mol. The molecule has 0 radical (unpaired) electrons. The molecule has 0 spiro atoms. The number of hydrogen-bond acceptors (Lipinski definition) is 12. The number of carbonyl (C=O) groups excluding carboxylic acids is 4. The summed E-state index contributed by atoms with van der Waals surface area (Å²) in [6.45, 7) is 7.87. The molecule has 298 valence electrons. The molecule has 2 aromatic carbocycles. The SMILES string of the molecule is CCc1nc(C)oc1C(=O)Nc1nc2cc(C(N)=O)cc(OC)c2n1C/C=C/Cn1c(NC(=O)c2cc(C)nn2CC)nc2cc(C(N)=O)cc(OCCCO)c21. The van der Waals surface area contributed by atoms with E-state index < -0.39 is 23.6 Å². The zero-order valence-corrected chi connectivity index (χ0v) is 32.1. The summed E-state index contributed by atoms with van der Waals surface area (Å²) >= 11 is 0. The number of amides is 4. The number of nitrogens with two attached hydrogens (primary N) is 2. The number of rotatable bonds is 17. The number of anilines is 2. The maximum atomic E-state index is 13.6. The molecule has 6 aromatic rings. The van der Waals surface area contributed by atoms with Gasteiger partial charge in [-0.25, -0.2) is 15.0 Å². The number of benzene rings is 2. The van der Waals surface area contributed by atoms with Crippen LogP contribution in [0.1, 0.15) is 79.3 Å². The number of aryl methyl sites for hydroxylation is 4. The highest BCUT2D eigenvalue weighted by Gasteiger charge is 2.24. The number of aromatic nitrogens is 7. The number of hydrogen-bond donors (Lipinski definition) is 5. The van der Waals surface area contributed by atoms with E-state index in [-0.39, 0.29) is 66.6 Å². The Morgan fingerprint density at radius 2 is 1.42 bits per heavy atom. The van der Waals surface area contributed by atoms with Crippen LogP contribution in [0.25, 0.3) is 22.1 Å². The first-order valence-electron chi connectivity index (χ1n) is 18.1. The van der Waals surface area contributed by atoms with E-state index >= 15 is 0 Å². The van der Waals surface area contributed by atoms with E-state index in [4.69, 9.17) is 25.4 Å². The number of aliphatic hydroxyl groups excluding tert-OH is 1. The van der Waals surface area contributed by atoms with Crippen molar-refractivity contribution in [1.82, 2.24) is 33.9 Å². The van der Waals surface area contributed by atoms with Gasteiger partial charge in [0.25, 0.3) is 11.8 Å². The molecule has 0 saturated carbocycles. The van der Waals surface area contributed by atoms with Gasteiger partial charge in [0, 0.05) is 50.7 Å². The van der Waals surface area contributed by atoms with Crippen LogP contribution >= 0.6 is 0 Å². The van der Waals surface area contributed by atoms with Crippen LogP contribution in [-0.2, 0) is 26.1 Å². The summed E-state index contributed by atoms with van der Waals surface area (Å²) in [6.07, 6.45) is 4.37. The van der Waals surface area contributed by atoms with E-state index in [9.17, 15) is 24.3 Å². The summed E-state index contributed by atoms with van der Waals surface area (Å²) in [5, 5.41) is 19.5. The Hall–Kier alpha value is -7.02. The number of fused-ring (bicyclic) bond motifs is 2. The molecule has 19 nitrogen and oxygen atoms in total. The van der Waals surface area contributed by atoms with Gasteiger partial charge in [-0.3, -0.25) is 34.5 Å². The molecule has 4 aromatic heterocycles. The van der Waals surface area contributed by atoms with Gasteiger partial charge < -0.3 is 39.6 Å². The summed E-state index contributed by atoms with van der Waals surface area (Å²) in [4.78, 5) is 65.2. The zero-order valence-electron chi connectivity index (χ0n) is 32.1. The second-order valence-electron chi connectivity index (χ2n) is 12.9. The van der Waals surface area contributed by atoms with Crippen LogP contribution in [0.3, 0.4) is 0 Å². The number of oxazole rings is 1. The minimum absolute atomic E-state index is 0.0455. The van der Waals surface area contributed by atoms with Crippen LogP contribution in [0, 0.1) is 13.8 Å². The van der Waals surface area contributed by atoms with Crippen LogP contribution in [0.5, 0.6) is 11.5 Å². The number of carbonyl (C=O) groups is 4. The number of primary amides is 2. The molecule has 0 aliphatic rings. The van der Waals surface area contributed by atoms with Crippen LogP contribution in [0.4, 0.5) is 11.9 Å². The van der Waals surface area contributed by atoms with Crippen molar-refractivity contribution in [2.45, 2.75) is 60.2 Å². The molecule has 19 heteroatoms. The van der Waals surface area contributed by atoms with Gasteiger partial charge in [0.15, 0.2) is 5.89 Å². The van der Waals surface area contributed by atoms with Crippen LogP contribution in [0.15, 0.2) is 46.9 Å². The van der Waals surface area contributed by atoms with Crippen molar-refractivity contribution in [2.24, 2.45) is 11.5 Å². The Bertz CT molecular complexity index is 2540. The molecule has 0 fully saturated rings. The lowest BCUT2D eigenvalue weighted by Gasteiger charge is -2.13. The van der Waals surface area contributed by atoms with Crippen molar-refractivity contribution in [1.29, 1.82) is 0 Å². The Morgan fingerprint density at radius 3 is 1.96 bits per heavy atom. The average molecular weight is 782 g/mol. The molecule has 0 aliphatic carbocycles. The van der Waals surface area contributed by atoms with Gasteiger partial charge in [0.1, 0.15) is 28.2 Å². The fraction of sp³-hybridized carbons (Fsp3) is 0.316. The molecular formula is C38H43N11O8. The van der Waals surface area contributed by atoms with Gasteiger partial charge >= 0.3 is 0 Å². The third-order valence-corrected chi connectivity index (χ3v) is 8.94. The normalized spacial score (nSPS) is 11.5. The van der Waals surface area contributed by atoms with Gasteiger partial charge in [-0.15, -0.1) is 0 Å². The molecule has 0 aliphatic heterocycles. The van der Waals surface area contributed by atoms with E-state index in [0.717, 1.165) is 0 Å². The number of allylic oxidation sites excluding steroid dienone is 2. The van der Waals surface area contributed by atoms with Crippen molar-refractivity contribution < 1.29 is 38.2 Å². The average Bonchev–Trinajstić information content (AvgIpc) is 3.95. The molecule has 4 amide bonds. The minimum Gasteiger partial charge on any atom is -0.494 e. The van der Waals surface area contributed by atoms with Crippen molar-refractivity contribution in [3.05, 3.63) is 82.3 Å². The lowest BCUT2D eigenvalue weighted by atomic mass is 10.1. The van der Waals surface area contributed by atoms with Crippen molar-refractivity contribution in [2.75, 3.05) is 31.0 Å². The van der Waals surface area contributed by atoms with Crippen molar-refractivity contribution in [3.8, 4) is 11.5 Å². The third kappa shape index (κ3) is 8.18. The zero-order chi connectivity index (χ0) is 41.0. The van der Waals surface area contributed by atoms with Crippen molar-refractivity contribution in [3.63, 3.8) is 0 Å². The topological polar surface area (TPSA) is 263 Å². The molecule has 4 heterocycles.